The van der Waals surface area contributed by atoms with Gasteiger partial charge in [0.05, 0.1) is 10.5 Å². The van der Waals surface area contributed by atoms with Crippen LogP contribution in [0.3, 0.4) is 0 Å². The van der Waals surface area contributed by atoms with Crippen LogP contribution in [0.4, 0.5) is 0 Å². The highest BCUT2D eigenvalue weighted by Crippen LogP contribution is 2.15. The lowest BCUT2D eigenvalue weighted by molar-refractivity contribution is -0.120. The van der Waals surface area contributed by atoms with Gasteiger partial charge >= 0.3 is 0 Å². The summed E-state index contributed by atoms with van der Waals surface area (Å²) < 4.78 is 0. The van der Waals surface area contributed by atoms with Crippen LogP contribution in [0.2, 0.25) is 0 Å². The number of hydrogen-bond donors (Lipinski definition) is 2. The molecule has 4 heteroatoms. The summed E-state index contributed by atoms with van der Waals surface area (Å²) in [6.45, 7) is 5.38. The first-order valence-corrected chi connectivity index (χ1v) is 4.48. The number of hydrogen-bond acceptors (Lipinski definition) is 2. The third-order valence-corrected chi connectivity index (χ3v) is 2.48. The van der Waals surface area contributed by atoms with Crippen LogP contribution in [0.5, 0.6) is 0 Å². The predicted molar refractivity (Wildman–Crippen MR) is 53.9 cm³/mol. The molecule has 0 aliphatic rings. The van der Waals surface area contributed by atoms with Crippen molar-refractivity contribution in [2.75, 3.05) is 0 Å². The van der Waals surface area contributed by atoms with Gasteiger partial charge in [0.2, 0.25) is 5.91 Å². The van der Waals surface area contributed by atoms with Crippen molar-refractivity contribution in [1.29, 1.82) is 0 Å². The predicted octanol–water partition coefficient (Wildman–Crippen LogP) is 0.967. The molecule has 3 N–H and O–H groups in total. The fraction of sp³-hybridized carbons (Fsp3) is 0.750. The Bertz CT molecular complexity index is 187. The molecule has 0 aromatic heterocycles. The average molecular weight is 188 g/mol. The smallest absolute Gasteiger partial charge is 0.217 e. The molecule has 0 atom stereocenters. The van der Waals surface area contributed by atoms with E-state index in [1.165, 1.54) is 6.92 Å². The molecule has 0 radical (unpaired) electrons. The van der Waals surface area contributed by atoms with Crippen LogP contribution in [-0.2, 0) is 4.79 Å². The van der Waals surface area contributed by atoms with Crippen LogP contribution < -0.4 is 11.1 Å². The van der Waals surface area contributed by atoms with Gasteiger partial charge in [-0.3, -0.25) is 4.79 Å². The Morgan fingerprint density at radius 3 is 2.00 bits per heavy atom. The first-order chi connectivity index (χ1) is 5.48. The molecule has 0 aliphatic carbocycles. The Hall–Kier alpha value is -0.640. The minimum Gasteiger partial charge on any atom is -0.391 e. The molecular weight excluding hydrogens is 172 g/mol. The fourth-order valence-electron chi connectivity index (χ4n) is 1.17. The summed E-state index contributed by atoms with van der Waals surface area (Å²) in [5, 5.41) is 2.79. The van der Waals surface area contributed by atoms with Gasteiger partial charge in [-0.25, -0.2) is 0 Å². The molecule has 70 valence electrons. The monoisotopic (exact) mass is 188 g/mol. The zero-order chi connectivity index (χ0) is 9.78. The summed E-state index contributed by atoms with van der Waals surface area (Å²) in [5.41, 5.74) is 5.07. The van der Waals surface area contributed by atoms with Gasteiger partial charge in [0.15, 0.2) is 0 Å². The Kier molecular flexibility index (Phi) is 4.17. The number of nitrogens with one attached hydrogen (secondary N) is 1. The number of nitrogens with two attached hydrogens (primary N) is 1. The fourth-order valence-corrected chi connectivity index (χ4v) is 1.51. The van der Waals surface area contributed by atoms with Gasteiger partial charge in [0.1, 0.15) is 0 Å². The molecule has 0 saturated heterocycles. The first-order valence-electron chi connectivity index (χ1n) is 4.07. The molecule has 0 unspecified atom stereocenters. The van der Waals surface area contributed by atoms with Gasteiger partial charge in [-0.2, -0.15) is 0 Å². The molecule has 0 heterocycles. The maximum absolute atomic E-state index is 10.9. The summed E-state index contributed by atoms with van der Waals surface area (Å²) in [5.74, 6) is -0.0912. The second-order valence-electron chi connectivity index (χ2n) is 2.83. The van der Waals surface area contributed by atoms with E-state index in [2.05, 4.69) is 5.32 Å². The Balaban J connectivity index is 4.58. The summed E-state index contributed by atoms with van der Waals surface area (Å²) in [7, 11) is 0. The topological polar surface area (TPSA) is 55.1 Å². The summed E-state index contributed by atoms with van der Waals surface area (Å²) in [6.07, 6.45) is 1.47. The minimum atomic E-state index is -0.485. The molecular formula is C8H16N2OS. The van der Waals surface area contributed by atoms with Crippen LogP contribution in [0.1, 0.15) is 33.6 Å². The van der Waals surface area contributed by atoms with Gasteiger partial charge in [-0.15, -0.1) is 0 Å². The second-order valence-corrected chi connectivity index (χ2v) is 3.27. The van der Waals surface area contributed by atoms with E-state index in [0.717, 1.165) is 12.8 Å². The minimum absolute atomic E-state index is 0.0912. The molecule has 0 aromatic carbocycles. The highest BCUT2D eigenvalue weighted by atomic mass is 32.1. The maximum Gasteiger partial charge on any atom is 0.217 e. The van der Waals surface area contributed by atoms with Gasteiger partial charge in [-0.05, 0) is 12.8 Å². The molecule has 0 fully saturated rings. The summed E-state index contributed by atoms with van der Waals surface area (Å²) >= 11 is 4.91. The van der Waals surface area contributed by atoms with Gasteiger partial charge < -0.3 is 11.1 Å². The standard InChI is InChI=1S/C8H16N2OS/c1-4-8(5-2,7(9)12)10-6(3)11/h4-5H2,1-3H3,(H2,9,12)(H,10,11). The zero-order valence-corrected chi connectivity index (χ0v) is 8.62. The van der Waals surface area contributed by atoms with E-state index >= 15 is 0 Å². The average Bonchev–Trinajstić information content (AvgIpc) is 1.99. The van der Waals surface area contributed by atoms with Crippen LogP contribution in [0.25, 0.3) is 0 Å². The number of thiocarbonyl (C=S) groups is 1. The number of rotatable bonds is 4. The molecule has 0 bridgehead atoms. The van der Waals surface area contributed by atoms with Gasteiger partial charge in [0, 0.05) is 6.92 Å². The Morgan fingerprint density at radius 2 is 1.92 bits per heavy atom. The van der Waals surface area contributed by atoms with Crippen LogP contribution in [-0.4, -0.2) is 16.4 Å². The second kappa shape index (κ2) is 4.40. The molecule has 1 amide bonds. The zero-order valence-electron chi connectivity index (χ0n) is 7.81. The molecule has 0 aromatic rings. The Morgan fingerprint density at radius 1 is 1.50 bits per heavy atom. The van der Waals surface area contributed by atoms with Crippen molar-refractivity contribution in [2.24, 2.45) is 5.73 Å². The molecule has 0 aliphatic heterocycles. The third kappa shape index (κ3) is 2.44. The highest BCUT2D eigenvalue weighted by molar-refractivity contribution is 7.80. The summed E-state index contributed by atoms with van der Waals surface area (Å²) in [6, 6.07) is 0. The van der Waals surface area contributed by atoms with Gasteiger partial charge in [0.25, 0.3) is 0 Å². The van der Waals surface area contributed by atoms with Crippen LogP contribution in [0, 0.1) is 0 Å². The van der Waals surface area contributed by atoms with Crippen molar-refractivity contribution in [3.8, 4) is 0 Å². The molecule has 3 nitrogen and oxygen atoms in total. The lowest BCUT2D eigenvalue weighted by atomic mass is 9.93. The number of carbonyl (C=O) groups is 1. The van der Waals surface area contributed by atoms with Crippen molar-refractivity contribution in [2.45, 2.75) is 39.2 Å². The Labute approximate surface area is 78.7 Å². The van der Waals surface area contributed by atoms with E-state index in [-0.39, 0.29) is 5.91 Å². The quantitative estimate of drug-likeness (QED) is 0.646. The van der Waals surface area contributed by atoms with E-state index in [4.69, 9.17) is 18.0 Å². The van der Waals surface area contributed by atoms with E-state index < -0.39 is 5.54 Å². The first kappa shape index (κ1) is 11.4. The van der Waals surface area contributed by atoms with Crippen molar-refractivity contribution < 1.29 is 4.79 Å². The van der Waals surface area contributed by atoms with E-state index in [1.54, 1.807) is 0 Å². The highest BCUT2D eigenvalue weighted by Gasteiger charge is 2.29. The number of amides is 1. The third-order valence-electron chi connectivity index (χ3n) is 2.09. The molecule has 12 heavy (non-hydrogen) atoms. The van der Waals surface area contributed by atoms with Crippen LogP contribution in [0.15, 0.2) is 0 Å². The van der Waals surface area contributed by atoms with Crippen molar-refractivity contribution >= 4 is 23.1 Å². The lowest BCUT2D eigenvalue weighted by Crippen LogP contribution is -2.55. The van der Waals surface area contributed by atoms with E-state index in [0.29, 0.717) is 4.99 Å². The van der Waals surface area contributed by atoms with Gasteiger partial charge in [-0.1, -0.05) is 26.1 Å². The van der Waals surface area contributed by atoms with Crippen molar-refractivity contribution in [3.63, 3.8) is 0 Å². The van der Waals surface area contributed by atoms with E-state index in [9.17, 15) is 4.79 Å². The summed E-state index contributed by atoms with van der Waals surface area (Å²) in [4.78, 5) is 11.2. The molecule has 0 saturated carbocycles. The number of carbonyl (C=O) groups excluding carboxylic acids is 1. The molecule has 0 spiro atoms. The normalized spacial score (nSPS) is 10.9. The van der Waals surface area contributed by atoms with Crippen molar-refractivity contribution in [3.05, 3.63) is 0 Å². The lowest BCUT2D eigenvalue weighted by Gasteiger charge is -2.31. The van der Waals surface area contributed by atoms with Crippen LogP contribution >= 0.6 is 12.2 Å². The largest absolute Gasteiger partial charge is 0.391 e. The van der Waals surface area contributed by atoms with E-state index in [1.807, 2.05) is 13.8 Å². The molecule has 0 rings (SSSR count). The SMILES string of the molecule is CCC(CC)(NC(C)=O)C(N)=S. The maximum atomic E-state index is 10.9. The van der Waals surface area contributed by atoms with Crippen molar-refractivity contribution in [1.82, 2.24) is 5.32 Å².